The van der Waals surface area contributed by atoms with E-state index in [1.165, 1.54) is 13.3 Å². The number of benzene rings is 3. The Morgan fingerprint density at radius 1 is 1.08 bits per heavy atom. The van der Waals surface area contributed by atoms with Crippen LogP contribution < -0.4 is 9.47 Å². The van der Waals surface area contributed by atoms with Crippen LogP contribution in [-0.2, 0) is 16.2 Å². The third-order valence-corrected chi connectivity index (χ3v) is 8.83. The summed E-state index contributed by atoms with van der Waals surface area (Å²) in [4.78, 5) is 25.9. The maximum absolute atomic E-state index is 12.9. The molecule has 4 atom stereocenters. The standard InChI is InChI=1S/C28H22BrClN2O4/c1-35-21-12-19(13-31-32-27(33)22-16-9-10-17(11-16)23(22)28(32)34)24(29)25(30)26(21)36-14-18-7-4-6-15-5-2-3-8-20(15)18/h2-10,12-13,16-17,22-23H,11,14H2,1H3/t16-,17-,22-,23+/m0/s1. The lowest BCUT2D eigenvalue weighted by atomic mass is 9.85. The predicted octanol–water partition coefficient (Wildman–Crippen LogP) is 5.98. The van der Waals surface area contributed by atoms with Gasteiger partial charge in [0.05, 0.1) is 25.2 Å². The van der Waals surface area contributed by atoms with Crippen LogP contribution >= 0.6 is 27.5 Å². The van der Waals surface area contributed by atoms with Crippen LogP contribution in [0.5, 0.6) is 11.5 Å². The molecule has 1 saturated carbocycles. The number of ether oxygens (including phenoxy) is 2. The molecule has 3 aromatic rings. The Morgan fingerprint density at radius 3 is 2.50 bits per heavy atom. The number of rotatable bonds is 6. The molecule has 0 spiro atoms. The fourth-order valence-corrected chi connectivity index (χ4v) is 6.33. The van der Waals surface area contributed by atoms with E-state index in [1.807, 2.05) is 24.3 Å². The van der Waals surface area contributed by atoms with Gasteiger partial charge < -0.3 is 9.47 Å². The number of allylic oxidation sites excluding steroid dienone is 2. The molecule has 2 amide bonds. The third kappa shape index (κ3) is 3.64. The summed E-state index contributed by atoms with van der Waals surface area (Å²) in [6, 6.07) is 15.9. The SMILES string of the molecule is COc1cc(C=NN2C(=O)[C@@H]3[C@H](C2=O)[C@H]2C=C[C@H]3C2)c(Br)c(Cl)c1OCc1cccc2ccccc12. The van der Waals surface area contributed by atoms with E-state index in [0.29, 0.717) is 33.2 Å². The summed E-state index contributed by atoms with van der Waals surface area (Å²) < 4.78 is 12.2. The largest absolute Gasteiger partial charge is 0.493 e. The van der Waals surface area contributed by atoms with Crippen LogP contribution in [0.4, 0.5) is 0 Å². The zero-order chi connectivity index (χ0) is 25.0. The maximum atomic E-state index is 12.9. The van der Waals surface area contributed by atoms with E-state index < -0.39 is 0 Å². The first-order valence-electron chi connectivity index (χ1n) is 11.7. The van der Waals surface area contributed by atoms with Crippen molar-refractivity contribution in [2.24, 2.45) is 28.8 Å². The van der Waals surface area contributed by atoms with Crippen LogP contribution in [0.3, 0.4) is 0 Å². The molecular formula is C28H22BrClN2O4. The lowest BCUT2D eigenvalue weighted by molar-refractivity contribution is -0.140. The minimum absolute atomic E-state index is 0.135. The predicted molar refractivity (Wildman–Crippen MR) is 141 cm³/mol. The van der Waals surface area contributed by atoms with E-state index >= 15 is 0 Å². The molecule has 0 N–H and O–H groups in total. The molecule has 2 aliphatic carbocycles. The molecule has 0 aromatic heterocycles. The van der Waals surface area contributed by atoms with E-state index in [2.05, 4.69) is 51.4 Å². The van der Waals surface area contributed by atoms with E-state index in [0.717, 1.165) is 27.8 Å². The molecule has 2 fully saturated rings. The fourth-order valence-electron chi connectivity index (χ4n) is 5.67. The highest BCUT2D eigenvalue weighted by Crippen LogP contribution is 2.52. The molecule has 1 heterocycles. The van der Waals surface area contributed by atoms with Gasteiger partial charge in [0, 0.05) is 10.0 Å². The number of hydrogen-bond acceptors (Lipinski definition) is 5. The molecule has 6 rings (SSSR count). The van der Waals surface area contributed by atoms with Crippen molar-refractivity contribution in [3.05, 3.63) is 81.3 Å². The molecule has 182 valence electrons. The summed E-state index contributed by atoms with van der Waals surface area (Å²) in [5.74, 6) is 0.0219. The van der Waals surface area contributed by atoms with Gasteiger partial charge in [-0.1, -0.05) is 66.2 Å². The van der Waals surface area contributed by atoms with Crippen LogP contribution in [0.1, 0.15) is 17.5 Å². The van der Waals surface area contributed by atoms with Crippen molar-refractivity contribution in [2.45, 2.75) is 13.0 Å². The molecule has 36 heavy (non-hydrogen) atoms. The molecule has 6 nitrogen and oxygen atoms in total. The van der Waals surface area contributed by atoms with Crippen molar-refractivity contribution in [2.75, 3.05) is 7.11 Å². The van der Waals surface area contributed by atoms with Gasteiger partial charge in [0.25, 0.3) is 11.8 Å². The summed E-state index contributed by atoms with van der Waals surface area (Å²) in [7, 11) is 1.53. The van der Waals surface area contributed by atoms with Crippen molar-refractivity contribution in [1.29, 1.82) is 0 Å². The molecule has 1 saturated heterocycles. The molecule has 3 aromatic carbocycles. The summed E-state index contributed by atoms with van der Waals surface area (Å²) >= 11 is 10.2. The first kappa shape index (κ1) is 23.3. The van der Waals surface area contributed by atoms with Crippen LogP contribution in [0.2, 0.25) is 5.02 Å². The second-order valence-electron chi connectivity index (χ2n) is 9.28. The van der Waals surface area contributed by atoms with Gasteiger partial charge in [-0.3, -0.25) is 9.59 Å². The Morgan fingerprint density at radius 2 is 1.78 bits per heavy atom. The summed E-state index contributed by atoms with van der Waals surface area (Å²) in [5, 5.41) is 7.82. The number of nitrogens with zero attached hydrogens (tertiary/aromatic N) is 2. The van der Waals surface area contributed by atoms with Gasteiger partial charge >= 0.3 is 0 Å². The number of hydrogen-bond donors (Lipinski definition) is 0. The molecule has 1 aliphatic heterocycles. The molecular weight excluding hydrogens is 544 g/mol. The zero-order valence-corrected chi connectivity index (χ0v) is 21.7. The highest BCUT2D eigenvalue weighted by atomic mass is 79.9. The number of hydrazone groups is 1. The fraction of sp³-hybridized carbons (Fsp3) is 0.250. The van der Waals surface area contributed by atoms with Crippen LogP contribution in [0.15, 0.2) is 70.3 Å². The average molecular weight is 566 g/mol. The first-order chi connectivity index (χ1) is 17.5. The molecule has 0 unspecified atom stereocenters. The van der Waals surface area contributed by atoms with Crippen LogP contribution in [0.25, 0.3) is 10.8 Å². The monoisotopic (exact) mass is 564 g/mol. The van der Waals surface area contributed by atoms with E-state index in [4.69, 9.17) is 21.1 Å². The molecule has 0 radical (unpaired) electrons. The van der Waals surface area contributed by atoms with E-state index in [9.17, 15) is 9.59 Å². The molecule has 8 heteroatoms. The van der Waals surface area contributed by atoms with Crippen molar-refractivity contribution >= 4 is 56.3 Å². The molecule has 3 aliphatic rings. The lowest BCUT2D eigenvalue weighted by Crippen LogP contribution is -2.28. The van der Waals surface area contributed by atoms with Gasteiger partial charge in [-0.15, -0.1) is 0 Å². The van der Waals surface area contributed by atoms with Crippen LogP contribution in [0, 0.1) is 23.7 Å². The Bertz CT molecular complexity index is 1430. The van der Waals surface area contributed by atoms with Gasteiger partial charge in [-0.05, 0) is 56.6 Å². The van der Waals surface area contributed by atoms with Gasteiger partial charge in [0.15, 0.2) is 11.5 Å². The smallest absolute Gasteiger partial charge is 0.254 e. The Labute approximate surface area is 221 Å². The quantitative estimate of drug-likeness (QED) is 0.209. The van der Waals surface area contributed by atoms with Gasteiger partial charge in [-0.25, -0.2) is 0 Å². The second kappa shape index (κ2) is 9.05. The Balaban J connectivity index is 1.25. The number of carbonyl (C=O) groups excluding carboxylic acids is 2. The van der Waals surface area contributed by atoms with E-state index in [1.54, 1.807) is 6.07 Å². The number of carbonyl (C=O) groups is 2. The Kier molecular flexibility index (Phi) is 5.85. The minimum atomic E-state index is -0.295. The summed E-state index contributed by atoms with van der Waals surface area (Å²) in [6.07, 6.45) is 6.45. The molecule has 2 bridgehead atoms. The summed E-state index contributed by atoms with van der Waals surface area (Å²) in [6.45, 7) is 0.299. The number of halogens is 2. The second-order valence-corrected chi connectivity index (χ2v) is 10.5. The number of methoxy groups -OCH3 is 1. The topological polar surface area (TPSA) is 68.2 Å². The number of amides is 2. The van der Waals surface area contributed by atoms with Crippen molar-refractivity contribution < 1.29 is 19.1 Å². The highest BCUT2D eigenvalue weighted by molar-refractivity contribution is 9.10. The number of imide groups is 1. The average Bonchev–Trinajstić information content (AvgIpc) is 3.58. The third-order valence-electron chi connectivity index (χ3n) is 7.39. The van der Waals surface area contributed by atoms with Crippen molar-refractivity contribution in [3.8, 4) is 11.5 Å². The van der Waals surface area contributed by atoms with Crippen LogP contribution in [-0.4, -0.2) is 30.1 Å². The van der Waals surface area contributed by atoms with E-state index in [-0.39, 0.29) is 35.5 Å². The maximum Gasteiger partial charge on any atom is 0.254 e. The van der Waals surface area contributed by atoms with Crippen molar-refractivity contribution in [3.63, 3.8) is 0 Å². The lowest BCUT2D eigenvalue weighted by Gasteiger charge is -2.16. The minimum Gasteiger partial charge on any atom is -0.493 e. The zero-order valence-electron chi connectivity index (χ0n) is 19.4. The van der Waals surface area contributed by atoms with Gasteiger partial charge in [-0.2, -0.15) is 10.1 Å². The summed E-state index contributed by atoms with van der Waals surface area (Å²) in [5.41, 5.74) is 1.58. The van der Waals surface area contributed by atoms with Gasteiger partial charge in [0.2, 0.25) is 0 Å². The highest BCUT2D eigenvalue weighted by Gasteiger charge is 2.59. The first-order valence-corrected chi connectivity index (χ1v) is 12.9. The Hall–Kier alpha value is -3.16. The van der Waals surface area contributed by atoms with Crippen molar-refractivity contribution in [1.82, 2.24) is 5.01 Å². The normalized spacial score (nSPS) is 24.4. The van der Waals surface area contributed by atoms with Gasteiger partial charge in [0.1, 0.15) is 11.6 Å². The number of fused-ring (bicyclic) bond motifs is 6.